The fourth-order valence-electron chi connectivity index (χ4n) is 2.55. The summed E-state index contributed by atoms with van der Waals surface area (Å²) in [6.07, 6.45) is 0.0187. The molecule has 2 aromatic carbocycles. The van der Waals surface area contributed by atoms with Crippen LogP contribution < -0.4 is 9.47 Å². The van der Waals surface area contributed by atoms with Gasteiger partial charge in [0.1, 0.15) is 0 Å². The smallest absolute Gasteiger partial charge is 0.160 e. The summed E-state index contributed by atoms with van der Waals surface area (Å²) in [5, 5.41) is 10.4. The number of hydrogen-bond acceptors (Lipinski definition) is 3. The van der Waals surface area contributed by atoms with E-state index in [2.05, 4.69) is 6.07 Å². The lowest BCUT2D eigenvalue weighted by molar-refractivity contribution is 0.178. The molecule has 1 atom stereocenters. The van der Waals surface area contributed by atoms with Gasteiger partial charge in [-0.2, -0.15) is 0 Å². The Kier molecular flexibility index (Phi) is 4.86. The first-order valence-corrected chi connectivity index (χ1v) is 7.00. The normalized spacial score (nSPS) is 12.0. The van der Waals surface area contributed by atoms with Gasteiger partial charge in [-0.25, -0.2) is 0 Å². The first kappa shape index (κ1) is 15.4. The van der Waals surface area contributed by atoms with E-state index in [1.165, 1.54) is 0 Å². The second-order valence-electron chi connectivity index (χ2n) is 5.33. The molecule has 112 valence electrons. The Morgan fingerprint density at radius 3 is 2.10 bits per heavy atom. The molecule has 0 aliphatic rings. The summed E-state index contributed by atoms with van der Waals surface area (Å²) >= 11 is 0. The van der Waals surface area contributed by atoms with Crippen molar-refractivity contribution in [3.63, 3.8) is 0 Å². The highest BCUT2D eigenvalue weighted by atomic mass is 16.5. The van der Waals surface area contributed by atoms with Gasteiger partial charge in [0.25, 0.3) is 0 Å². The molecule has 3 nitrogen and oxygen atoms in total. The zero-order valence-corrected chi connectivity index (χ0v) is 13.0. The maximum absolute atomic E-state index is 10.4. The Balaban J connectivity index is 2.20. The van der Waals surface area contributed by atoms with Gasteiger partial charge in [0.05, 0.1) is 20.3 Å². The minimum atomic E-state index is -0.526. The Morgan fingerprint density at radius 2 is 1.52 bits per heavy atom. The highest BCUT2D eigenvalue weighted by molar-refractivity contribution is 5.43. The fourth-order valence-corrected chi connectivity index (χ4v) is 2.55. The van der Waals surface area contributed by atoms with E-state index in [1.807, 2.05) is 44.2 Å². The van der Waals surface area contributed by atoms with Crippen molar-refractivity contribution in [2.24, 2.45) is 0 Å². The lowest BCUT2D eigenvalue weighted by atomic mass is 9.98. The van der Waals surface area contributed by atoms with Gasteiger partial charge in [-0.1, -0.05) is 35.4 Å². The van der Waals surface area contributed by atoms with E-state index in [0.29, 0.717) is 17.9 Å². The third kappa shape index (κ3) is 3.76. The van der Waals surface area contributed by atoms with Gasteiger partial charge in [0, 0.05) is 6.42 Å². The topological polar surface area (TPSA) is 38.7 Å². The van der Waals surface area contributed by atoms with Crippen molar-refractivity contribution in [2.75, 3.05) is 14.2 Å². The van der Waals surface area contributed by atoms with Gasteiger partial charge in [-0.15, -0.1) is 0 Å². The number of aliphatic hydroxyl groups is 1. The predicted molar refractivity (Wildman–Crippen MR) is 84.1 cm³/mol. The van der Waals surface area contributed by atoms with Gasteiger partial charge in [-0.05, 0) is 37.1 Å². The Labute approximate surface area is 126 Å². The molecule has 0 bridgehead atoms. The highest BCUT2D eigenvalue weighted by Crippen LogP contribution is 2.29. The summed E-state index contributed by atoms with van der Waals surface area (Å²) in [5.41, 5.74) is 4.29. The second-order valence-corrected chi connectivity index (χ2v) is 5.33. The molecule has 2 rings (SSSR count). The summed E-state index contributed by atoms with van der Waals surface area (Å²) in [4.78, 5) is 0. The molecule has 0 heterocycles. The lowest BCUT2D eigenvalue weighted by Crippen LogP contribution is -2.03. The Bertz CT molecular complexity index is 600. The van der Waals surface area contributed by atoms with Crippen LogP contribution in [-0.4, -0.2) is 19.3 Å². The molecule has 2 aromatic rings. The fraction of sp³-hybridized carbons (Fsp3) is 0.333. The minimum Gasteiger partial charge on any atom is -0.493 e. The van der Waals surface area contributed by atoms with Crippen molar-refractivity contribution in [3.05, 3.63) is 58.7 Å². The van der Waals surface area contributed by atoms with Gasteiger partial charge < -0.3 is 14.6 Å². The second kappa shape index (κ2) is 6.64. The zero-order chi connectivity index (χ0) is 15.4. The number of aryl methyl sites for hydroxylation is 2. The van der Waals surface area contributed by atoms with Crippen molar-refractivity contribution < 1.29 is 14.6 Å². The third-order valence-corrected chi connectivity index (χ3v) is 3.51. The Morgan fingerprint density at radius 1 is 0.905 bits per heavy atom. The maximum Gasteiger partial charge on any atom is 0.160 e. The van der Waals surface area contributed by atoms with E-state index in [0.717, 1.165) is 22.3 Å². The number of hydrogen-bond donors (Lipinski definition) is 1. The molecule has 0 spiro atoms. The van der Waals surface area contributed by atoms with Crippen LogP contribution in [0.4, 0.5) is 0 Å². The summed E-state index contributed by atoms with van der Waals surface area (Å²) < 4.78 is 10.5. The molecule has 0 aromatic heterocycles. The van der Waals surface area contributed by atoms with Crippen LogP contribution in [0.3, 0.4) is 0 Å². The summed E-state index contributed by atoms with van der Waals surface area (Å²) in [6.45, 7) is 4.08. The summed E-state index contributed by atoms with van der Waals surface area (Å²) in [7, 11) is 3.23. The molecular weight excluding hydrogens is 264 g/mol. The van der Waals surface area contributed by atoms with Gasteiger partial charge in [0.2, 0.25) is 0 Å². The standard InChI is InChI=1S/C18H22O3/c1-12-7-13(2)9-15(8-12)16(19)10-14-5-6-17(20-3)18(11-14)21-4/h5-9,11,16,19H,10H2,1-4H3. The molecule has 0 aliphatic carbocycles. The first-order valence-electron chi connectivity index (χ1n) is 7.00. The van der Waals surface area contributed by atoms with Gasteiger partial charge in [-0.3, -0.25) is 0 Å². The molecule has 1 N–H and O–H groups in total. The molecule has 0 amide bonds. The predicted octanol–water partition coefficient (Wildman–Crippen LogP) is 3.60. The van der Waals surface area contributed by atoms with E-state index in [-0.39, 0.29) is 0 Å². The van der Waals surface area contributed by atoms with E-state index >= 15 is 0 Å². The number of methoxy groups -OCH3 is 2. The van der Waals surface area contributed by atoms with E-state index in [4.69, 9.17) is 9.47 Å². The van der Waals surface area contributed by atoms with Gasteiger partial charge >= 0.3 is 0 Å². The number of rotatable bonds is 5. The van der Waals surface area contributed by atoms with Crippen molar-refractivity contribution in [1.29, 1.82) is 0 Å². The van der Waals surface area contributed by atoms with Crippen molar-refractivity contribution in [2.45, 2.75) is 26.4 Å². The van der Waals surface area contributed by atoms with E-state index < -0.39 is 6.10 Å². The average Bonchev–Trinajstić information content (AvgIpc) is 2.46. The Hall–Kier alpha value is -2.00. The number of aliphatic hydroxyl groups excluding tert-OH is 1. The van der Waals surface area contributed by atoms with Crippen LogP contribution in [0.15, 0.2) is 36.4 Å². The largest absolute Gasteiger partial charge is 0.493 e. The maximum atomic E-state index is 10.4. The van der Waals surface area contributed by atoms with Crippen LogP contribution in [0.5, 0.6) is 11.5 Å². The van der Waals surface area contributed by atoms with Gasteiger partial charge in [0.15, 0.2) is 11.5 Å². The number of benzene rings is 2. The molecule has 0 saturated carbocycles. The van der Waals surface area contributed by atoms with Crippen LogP contribution in [-0.2, 0) is 6.42 Å². The molecule has 3 heteroatoms. The molecular formula is C18H22O3. The van der Waals surface area contributed by atoms with Crippen molar-refractivity contribution >= 4 is 0 Å². The molecule has 0 radical (unpaired) electrons. The van der Waals surface area contributed by atoms with Crippen LogP contribution in [0.25, 0.3) is 0 Å². The number of ether oxygens (including phenoxy) is 2. The van der Waals surface area contributed by atoms with Crippen LogP contribution in [0, 0.1) is 13.8 Å². The van der Waals surface area contributed by atoms with Crippen molar-refractivity contribution in [3.8, 4) is 11.5 Å². The molecule has 21 heavy (non-hydrogen) atoms. The molecule has 0 fully saturated rings. The average molecular weight is 286 g/mol. The minimum absolute atomic E-state index is 0.526. The molecule has 0 saturated heterocycles. The van der Waals surface area contributed by atoms with Crippen molar-refractivity contribution in [1.82, 2.24) is 0 Å². The quantitative estimate of drug-likeness (QED) is 0.912. The van der Waals surface area contributed by atoms with E-state index in [9.17, 15) is 5.11 Å². The van der Waals surface area contributed by atoms with Crippen LogP contribution in [0.1, 0.15) is 28.4 Å². The van der Waals surface area contributed by atoms with E-state index in [1.54, 1.807) is 14.2 Å². The third-order valence-electron chi connectivity index (χ3n) is 3.51. The van der Waals surface area contributed by atoms with Crippen LogP contribution in [0.2, 0.25) is 0 Å². The monoisotopic (exact) mass is 286 g/mol. The molecule has 1 unspecified atom stereocenters. The molecule has 0 aliphatic heterocycles. The lowest BCUT2D eigenvalue weighted by Gasteiger charge is -2.14. The summed E-state index contributed by atoms with van der Waals surface area (Å²) in [5.74, 6) is 1.38. The zero-order valence-electron chi connectivity index (χ0n) is 13.0. The highest BCUT2D eigenvalue weighted by Gasteiger charge is 2.12. The van der Waals surface area contributed by atoms with Crippen LogP contribution >= 0.6 is 0 Å². The summed E-state index contributed by atoms with van der Waals surface area (Å²) in [6, 6.07) is 11.9. The first-order chi connectivity index (χ1) is 10.0. The SMILES string of the molecule is COc1ccc(CC(O)c2cc(C)cc(C)c2)cc1OC.